The molecule has 3 nitrogen and oxygen atoms in total. The molecule has 0 bridgehead atoms. The Morgan fingerprint density at radius 2 is 0.934 bits per heavy atom. The standard InChI is InChI=1S/C57H37NO2S/c1-57(2)49-14-8-6-12-41(49)42-26-22-40(31-50(42)57)58(38-20-16-35(17-21-38)37-19-25-45-44-13-7-9-15-55(44)61-56(45)29-37)39-23-27-51-46(30-39)48-33-53-47(32-54(48)59-51)43-24-18-36(28-52(43)60-53)34-10-4-3-5-11-34/h3-33H,1-2H3. The molecule has 12 aromatic rings. The number of furan rings is 2. The molecule has 0 aliphatic heterocycles. The van der Waals surface area contributed by atoms with E-state index in [1.54, 1.807) is 0 Å². The predicted molar refractivity (Wildman–Crippen MR) is 257 cm³/mol. The van der Waals surface area contributed by atoms with Crippen LogP contribution in [0.3, 0.4) is 0 Å². The number of benzene rings is 9. The van der Waals surface area contributed by atoms with E-state index in [1.807, 2.05) is 17.4 Å². The molecule has 0 saturated heterocycles. The third-order valence-corrected chi connectivity index (χ3v) is 14.2. The minimum Gasteiger partial charge on any atom is -0.456 e. The fourth-order valence-electron chi connectivity index (χ4n) is 9.97. The van der Waals surface area contributed by atoms with Crippen LogP contribution in [0, 0.1) is 0 Å². The lowest BCUT2D eigenvalue weighted by atomic mass is 9.82. The summed E-state index contributed by atoms with van der Waals surface area (Å²) >= 11 is 1.86. The van der Waals surface area contributed by atoms with Crippen LogP contribution in [0.2, 0.25) is 0 Å². The third kappa shape index (κ3) is 5.22. The van der Waals surface area contributed by atoms with Crippen molar-refractivity contribution in [3.05, 3.63) is 199 Å². The Bertz CT molecular complexity index is 3740. The topological polar surface area (TPSA) is 29.5 Å². The average molecular weight is 800 g/mol. The van der Waals surface area contributed by atoms with Gasteiger partial charge in [-0.05, 0) is 123 Å². The van der Waals surface area contributed by atoms with Gasteiger partial charge in [-0.3, -0.25) is 0 Å². The van der Waals surface area contributed by atoms with Gasteiger partial charge in [0.15, 0.2) is 0 Å². The fraction of sp³-hybridized carbons (Fsp3) is 0.0526. The summed E-state index contributed by atoms with van der Waals surface area (Å²) in [7, 11) is 0. The monoisotopic (exact) mass is 799 g/mol. The van der Waals surface area contributed by atoms with E-state index in [9.17, 15) is 0 Å². The van der Waals surface area contributed by atoms with Gasteiger partial charge in [0.2, 0.25) is 0 Å². The van der Waals surface area contributed by atoms with Crippen LogP contribution in [0.5, 0.6) is 0 Å². The van der Waals surface area contributed by atoms with Gasteiger partial charge < -0.3 is 13.7 Å². The molecule has 1 aliphatic carbocycles. The summed E-state index contributed by atoms with van der Waals surface area (Å²) in [5, 5.41) is 6.85. The molecule has 61 heavy (non-hydrogen) atoms. The Morgan fingerprint density at radius 1 is 0.361 bits per heavy atom. The normalized spacial score (nSPS) is 13.2. The minimum atomic E-state index is -0.132. The number of hydrogen-bond donors (Lipinski definition) is 0. The number of rotatable bonds is 5. The highest BCUT2D eigenvalue weighted by Gasteiger charge is 2.35. The number of anilines is 3. The zero-order valence-corrected chi connectivity index (χ0v) is 34.4. The van der Waals surface area contributed by atoms with E-state index >= 15 is 0 Å². The van der Waals surface area contributed by atoms with Crippen molar-refractivity contribution in [2.24, 2.45) is 0 Å². The molecule has 0 fully saturated rings. The molecule has 288 valence electrons. The highest BCUT2D eigenvalue weighted by atomic mass is 32.1. The second-order valence-corrected chi connectivity index (χ2v) is 18.0. The molecule has 9 aromatic carbocycles. The number of fused-ring (bicyclic) bond motifs is 12. The first-order valence-corrected chi connectivity index (χ1v) is 21.7. The first kappa shape index (κ1) is 34.5. The first-order valence-electron chi connectivity index (χ1n) is 20.9. The smallest absolute Gasteiger partial charge is 0.136 e. The quantitative estimate of drug-likeness (QED) is 0.174. The maximum atomic E-state index is 6.60. The van der Waals surface area contributed by atoms with Gasteiger partial charge in [0.25, 0.3) is 0 Å². The summed E-state index contributed by atoms with van der Waals surface area (Å²) in [5.74, 6) is 0. The van der Waals surface area contributed by atoms with Gasteiger partial charge in [-0.15, -0.1) is 11.3 Å². The molecule has 1 aliphatic rings. The van der Waals surface area contributed by atoms with Crippen molar-refractivity contribution in [1.29, 1.82) is 0 Å². The van der Waals surface area contributed by atoms with Gasteiger partial charge in [-0.2, -0.15) is 0 Å². The molecule has 0 N–H and O–H groups in total. The van der Waals surface area contributed by atoms with E-state index in [0.29, 0.717) is 0 Å². The zero-order valence-electron chi connectivity index (χ0n) is 33.6. The molecule has 0 radical (unpaired) electrons. The van der Waals surface area contributed by atoms with Crippen LogP contribution in [0.25, 0.3) is 97.4 Å². The summed E-state index contributed by atoms with van der Waals surface area (Å²) in [5.41, 5.74) is 16.6. The molecule has 4 heteroatoms. The Kier molecular flexibility index (Phi) is 7.23. The maximum absolute atomic E-state index is 6.60. The number of hydrogen-bond acceptors (Lipinski definition) is 4. The molecule has 0 amide bonds. The predicted octanol–water partition coefficient (Wildman–Crippen LogP) is 17.0. The second kappa shape index (κ2) is 12.8. The molecular weight excluding hydrogens is 763 g/mol. The van der Waals surface area contributed by atoms with Crippen molar-refractivity contribution in [1.82, 2.24) is 0 Å². The summed E-state index contributed by atoms with van der Waals surface area (Å²) in [6.07, 6.45) is 0. The Labute approximate surface area is 356 Å². The van der Waals surface area contributed by atoms with Crippen molar-refractivity contribution in [2.45, 2.75) is 19.3 Å². The Balaban J connectivity index is 0.948. The van der Waals surface area contributed by atoms with Gasteiger partial charge in [0, 0.05) is 64.2 Å². The van der Waals surface area contributed by atoms with E-state index in [4.69, 9.17) is 8.83 Å². The zero-order chi connectivity index (χ0) is 40.4. The molecule has 0 saturated carbocycles. The van der Waals surface area contributed by atoms with Gasteiger partial charge in [-0.25, -0.2) is 0 Å². The van der Waals surface area contributed by atoms with Crippen LogP contribution in [-0.4, -0.2) is 0 Å². The van der Waals surface area contributed by atoms with Crippen LogP contribution < -0.4 is 4.90 Å². The van der Waals surface area contributed by atoms with E-state index in [1.165, 1.54) is 59.1 Å². The maximum Gasteiger partial charge on any atom is 0.136 e. The van der Waals surface area contributed by atoms with E-state index in [2.05, 4.69) is 201 Å². The molecule has 13 rings (SSSR count). The first-order chi connectivity index (χ1) is 29.9. The number of thiophene rings is 1. The lowest BCUT2D eigenvalue weighted by Gasteiger charge is -2.28. The van der Waals surface area contributed by atoms with Crippen molar-refractivity contribution < 1.29 is 8.83 Å². The largest absolute Gasteiger partial charge is 0.456 e. The second-order valence-electron chi connectivity index (χ2n) is 16.9. The summed E-state index contributed by atoms with van der Waals surface area (Å²) in [4.78, 5) is 2.39. The Hall–Kier alpha value is -7.40. The highest BCUT2D eigenvalue weighted by molar-refractivity contribution is 7.25. The van der Waals surface area contributed by atoms with Gasteiger partial charge >= 0.3 is 0 Å². The van der Waals surface area contributed by atoms with Gasteiger partial charge in [0.05, 0.1) is 0 Å². The van der Waals surface area contributed by atoms with E-state index < -0.39 is 0 Å². The lowest BCUT2D eigenvalue weighted by molar-refractivity contribution is 0.660. The third-order valence-electron chi connectivity index (χ3n) is 13.1. The van der Waals surface area contributed by atoms with Crippen LogP contribution >= 0.6 is 11.3 Å². The van der Waals surface area contributed by atoms with E-state index in [-0.39, 0.29) is 5.41 Å². The molecule has 3 heterocycles. The number of nitrogens with zero attached hydrogens (tertiary/aromatic N) is 1. The molecule has 0 atom stereocenters. The van der Waals surface area contributed by atoms with Crippen molar-refractivity contribution >= 4 is 92.4 Å². The molecule has 0 unspecified atom stereocenters. The van der Waals surface area contributed by atoms with Gasteiger partial charge in [-0.1, -0.05) is 123 Å². The average Bonchev–Trinajstić information content (AvgIpc) is 4.03. The SMILES string of the molecule is CC1(C)c2ccccc2-c2ccc(N(c3ccc(-c4ccc5c(c4)sc4ccccc45)cc3)c3ccc4oc5cc6c(cc5c4c3)oc3cc(-c4ccccc4)ccc36)cc21. The van der Waals surface area contributed by atoms with Gasteiger partial charge in [0.1, 0.15) is 22.3 Å². The minimum absolute atomic E-state index is 0.132. The van der Waals surface area contributed by atoms with Crippen LogP contribution in [0.15, 0.2) is 197 Å². The van der Waals surface area contributed by atoms with Crippen molar-refractivity contribution in [3.63, 3.8) is 0 Å². The summed E-state index contributed by atoms with van der Waals surface area (Å²) in [6.45, 7) is 4.69. The van der Waals surface area contributed by atoms with Crippen LogP contribution in [-0.2, 0) is 5.41 Å². The highest BCUT2D eigenvalue weighted by Crippen LogP contribution is 2.51. The lowest BCUT2D eigenvalue weighted by Crippen LogP contribution is -2.16. The molecule has 0 spiro atoms. The summed E-state index contributed by atoms with van der Waals surface area (Å²) < 4.78 is 15.8. The van der Waals surface area contributed by atoms with E-state index in [0.717, 1.165) is 66.5 Å². The fourth-order valence-corrected chi connectivity index (χ4v) is 11.1. The molecular formula is C57H37NO2S. The van der Waals surface area contributed by atoms with Crippen LogP contribution in [0.4, 0.5) is 17.1 Å². The van der Waals surface area contributed by atoms with Crippen LogP contribution in [0.1, 0.15) is 25.0 Å². The Morgan fingerprint density at radius 3 is 1.79 bits per heavy atom. The molecule has 3 aromatic heterocycles. The van der Waals surface area contributed by atoms with Crippen molar-refractivity contribution in [2.75, 3.05) is 4.90 Å². The summed E-state index contributed by atoms with van der Waals surface area (Å²) in [6, 6.07) is 68.2. The van der Waals surface area contributed by atoms with Crippen molar-refractivity contribution in [3.8, 4) is 33.4 Å².